The first-order valence-corrected chi connectivity index (χ1v) is 11.1. The summed E-state index contributed by atoms with van der Waals surface area (Å²) in [5.41, 5.74) is 7.25. The molecule has 0 spiro atoms. The Morgan fingerprint density at radius 2 is 1.34 bits per heavy atom. The van der Waals surface area contributed by atoms with Crippen molar-refractivity contribution in [3.8, 4) is 5.75 Å². The highest BCUT2D eigenvalue weighted by Gasteiger charge is 2.23. The fraction of sp³-hybridized carbons (Fsp3) is 0.259. The molecule has 0 heterocycles. The Kier molecular flexibility index (Phi) is 8.87. The van der Waals surface area contributed by atoms with Crippen molar-refractivity contribution in [1.29, 1.82) is 0 Å². The third-order valence-corrected chi connectivity index (χ3v) is 5.21. The number of carbonyl (C=O) groups is 2. The summed E-state index contributed by atoms with van der Waals surface area (Å²) in [6, 6.07) is 25.9. The smallest absolute Gasteiger partial charge is 0.269 e. The highest BCUT2D eigenvalue weighted by molar-refractivity contribution is 5.96. The summed E-state index contributed by atoms with van der Waals surface area (Å²) in [4.78, 5) is 25.5. The van der Waals surface area contributed by atoms with Gasteiger partial charge in [-0.15, -0.1) is 0 Å². The maximum Gasteiger partial charge on any atom is 0.269 e. The molecule has 0 aliphatic rings. The van der Waals surface area contributed by atoms with Crippen LogP contribution >= 0.6 is 0 Å². The van der Waals surface area contributed by atoms with Crippen LogP contribution in [0.25, 0.3) is 0 Å². The number of hydrogen-bond donors (Lipinski definition) is 2. The van der Waals surface area contributed by atoms with Gasteiger partial charge in [0.15, 0.2) is 0 Å². The fourth-order valence-corrected chi connectivity index (χ4v) is 3.47. The largest absolute Gasteiger partial charge is 0.494 e. The van der Waals surface area contributed by atoms with Crippen LogP contribution in [0.2, 0.25) is 0 Å². The summed E-state index contributed by atoms with van der Waals surface area (Å²) in [5.74, 6) is -0.480. The van der Waals surface area contributed by atoms with Gasteiger partial charge in [-0.2, -0.15) is 0 Å². The minimum absolute atomic E-state index is 0.303. The second-order valence-electron chi connectivity index (χ2n) is 7.63. The molecular formula is C27H30N2O3. The van der Waals surface area contributed by atoms with E-state index in [0.717, 1.165) is 29.7 Å². The van der Waals surface area contributed by atoms with Crippen LogP contribution in [0.3, 0.4) is 0 Å². The lowest BCUT2D eigenvalue weighted by Crippen LogP contribution is -2.44. The number of carbonyl (C=O) groups excluding carboxylic acids is 2. The molecule has 5 heteroatoms. The van der Waals surface area contributed by atoms with Crippen molar-refractivity contribution in [1.82, 2.24) is 10.9 Å². The number of hydrogen-bond acceptors (Lipinski definition) is 3. The topological polar surface area (TPSA) is 67.4 Å². The Morgan fingerprint density at radius 3 is 1.91 bits per heavy atom. The van der Waals surface area contributed by atoms with Crippen molar-refractivity contribution in [2.45, 2.75) is 38.5 Å². The predicted octanol–water partition coefficient (Wildman–Crippen LogP) is 5.24. The molecule has 3 rings (SSSR count). The highest BCUT2D eigenvalue weighted by atomic mass is 16.5. The third-order valence-electron chi connectivity index (χ3n) is 5.21. The molecule has 0 saturated heterocycles. The molecule has 0 radical (unpaired) electrons. The Labute approximate surface area is 189 Å². The number of benzene rings is 3. The van der Waals surface area contributed by atoms with Crippen LogP contribution in [0.1, 0.15) is 60.0 Å². The molecule has 3 aromatic rings. The maximum absolute atomic E-state index is 13.0. The SMILES string of the molecule is CCCCCCOc1ccc(C(=O)NNC(=O)C(c2ccccc2)c2ccccc2)cc1. The average molecular weight is 431 g/mol. The number of hydrazine groups is 1. The van der Waals surface area contributed by atoms with Crippen LogP contribution in [0, 0.1) is 0 Å². The fourth-order valence-electron chi connectivity index (χ4n) is 3.47. The molecule has 0 aliphatic carbocycles. The predicted molar refractivity (Wildman–Crippen MR) is 126 cm³/mol. The lowest BCUT2D eigenvalue weighted by Gasteiger charge is -2.18. The van der Waals surface area contributed by atoms with Crippen LogP contribution in [-0.4, -0.2) is 18.4 Å². The van der Waals surface area contributed by atoms with E-state index >= 15 is 0 Å². The van der Waals surface area contributed by atoms with Crippen molar-refractivity contribution in [3.63, 3.8) is 0 Å². The lowest BCUT2D eigenvalue weighted by atomic mass is 9.91. The molecule has 0 saturated carbocycles. The van der Waals surface area contributed by atoms with Crippen molar-refractivity contribution in [2.24, 2.45) is 0 Å². The second-order valence-corrected chi connectivity index (χ2v) is 7.63. The normalized spacial score (nSPS) is 10.6. The molecule has 0 bridgehead atoms. The van der Waals surface area contributed by atoms with Gasteiger partial charge >= 0.3 is 0 Å². The van der Waals surface area contributed by atoms with Gasteiger partial charge in [-0.3, -0.25) is 20.4 Å². The Morgan fingerprint density at radius 1 is 0.750 bits per heavy atom. The minimum Gasteiger partial charge on any atom is -0.494 e. The maximum atomic E-state index is 13.0. The summed E-state index contributed by atoms with van der Waals surface area (Å²) in [5, 5.41) is 0. The quantitative estimate of drug-likeness (QED) is 0.341. The number of amides is 2. The molecular weight excluding hydrogens is 400 g/mol. The van der Waals surface area contributed by atoms with Gasteiger partial charge in [0.05, 0.1) is 12.5 Å². The van der Waals surface area contributed by atoms with Crippen LogP contribution < -0.4 is 15.6 Å². The van der Waals surface area contributed by atoms with Gasteiger partial charge in [0.25, 0.3) is 5.91 Å². The number of ether oxygens (including phenoxy) is 1. The Balaban J connectivity index is 1.57. The van der Waals surface area contributed by atoms with E-state index in [1.807, 2.05) is 60.7 Å². The van der Waals surface area contributed by atoms with Gasteiger partial charge in [0.1, 0.15) is 5.75 Å². The molecule has 0 fully saturated rings. The second kappa shape index (κ2) is 12.3. The first-order valence-electron chi connectivity index (χ1n) is 11.1. The van der Waals surface area contributed by atoms with E-state index in [-0.39, 0.29) is 11.8 Å². The van der Waals surface area contributed by atoms with Crippen molar-refractivity contribution in [2.75, 3.05) is 6.61 Å². The van der Waals surface area contributed by atoms with E-state index in [9.17, 15) is 9.59 Å². The van der Waals surface area contributed by atoms with E-state index in [1.54, 1.807) is 24.3 Å². The molecule has 0 aromatic heterocycles. The monoisotopic (exact) mass is 430 g/mol. The zero-order valence-corrected chi connectivity index (χ0v) is 18.4. The summed E-state index contributed by atoms with van der Waals surface area (Å²) >= 11 is 0. The van der Waals surface area contributed by atoms with Crippen molar-refractivity contribution < 1.29 is 14.3 Å². The number of unbranched alkanes of at least 4 members (excludes halogenated alkanes) is 3. The zero-order chi connectivity index (χ0) is 22.6. The van der Waals surface area contributed by atoms with Crippen LogP contribution in [0.4, 0.5) is 0 Å². The van der Waals surface area contributed by atoms with Gasteiger partial charge in [-0.25, -0.2) is 0 Å². The van der Waals surface area contributed by atoms with Gasteiger partial charge in [-0.05, 0) is 41.8 Å². The van der Waals surface area contributed by atoms with Gasteiger partial charge in [-0.1, -0.05) is 86.8 Å². The van der Waals surface area contributed by atoms with E-state index in [2.05, 4.69) is 17.8 Å². The van der Waals surface area contributed by atoms with Gasteiger partial charge in [0, 0.05) is 5.56 Å². The van der Waals surface area contributed by atoms with Crippen LogP contribution in [0.5, 0.6) is 5.75 Å². The van der Waals surface area contributed by atoms with E-state index < -0.39 is 5.92 Å². The molecule has 0 atom stereocenters. The summed E-state index contributed by atoms with van der Waals surface area (Å²) in [7, 11) is 0. The molecule has 3 aromatic carbocycles. The molecule has 0 unspecified atom stereocenters. The van der Waals surface area contributed by atoms with E-state index in [1.165, 1.54) is 12.8 Å². The molecule has 2 amide bonds. The molecule has 0 aliphatic heterocycles. The average Bonchev–Trinajstić information content (AvgIpc) is 2.84. The summed E-state index contributed by atoms with van der Waals surface area (Å²) < 4.78 is 5.71. The third kappa shape index (κ3) is 6.71. The Bertz CT molecular complexity index is 933. The number of rotatable bonds is 10. The van der Waals surface area contributed by atoms with Gasteiger partial charge < -0.3 is 4.74 Å². The standard InChI is InChI=1S/C27H30N2O3/c1-2-3-4-11-20-32-24-18-16-23(17-19-24)26(30)28-29-27(31)25(21-12-7-5-8-13-21)22-14-9-6-10-15-22/h5-10,12-19,25H,2-4,11,20H2,1H3,(H,28,30)(H,29,31). The molecule has 2 N–H and O–H groups in total. The molecule has 5 nitrogen and oxygen atoms in total. The minimum atomic E-state index is -0.527. The summed E-state index contributed by atoms with van der Waals surface area (Å²) in [6.07, 6.45) is 4.58. The number of nitrogens with one attached hydrogen (secondary N) is 2. The lowest BCUT2D eigenvalue weighted by molar-refractivity contribution is -0.122. The van der Waals surface area contributed by atoms with Crippen LogP contribution in [0.15, 0.2) is 84.9 Å². The highest BCUT2D eigenvalue weighted by Crippen LogP contribution is 2.24. The zero-order valence-electron chi connectivity index (χ0n) is 18.4. The Hall–Kier alpha value is -3.60. The first kappa shape index (κ1) is 23.1. The van der Waals surface area contributed by atoms with Crippen molar-refractivity contribution in [3.05, 3.63) is 102 Å². The van der Waals surface area contributed by atoms with E-state index in [4.69, 9.17) is 4.74 Å². The first-order chi connectivity index (χ1) is 15.7. The summed E-state index contributed by atoms with van der Waals surface area (Å²) in [6.45, 7) is 2.85. The van der Waals surface area contributed by atoms with E-state index in [0.29, 0.717) is 12.2 Å². The molecule has 32 heavy (non-hydrogen) atoms. The van der Waals surface area contributed by atoms with Crippen molar-refractivity contribution >= 4 is 11.8 Å². The van der Waals surface area contributed by atoms with Gasteiger partial charge in [0.2, 0.25) is 5.91 Å². The molecule has 166 valence electrons. The van der Waals surface area contributed by atoms with Crippen LogP contribution in [-0.2, 0) is 4.79 Å².